The van der Waals surface area contributed by atoms with Gasteiger partial charge in [-0.15, -0.1) is 0 Å². The predicted molar refractivity (Wildman–Crippen MR) is 65.4 cm³/mol. The van der Waals surface area contributed by atoms with Crippen LogP contribution in [0, 0.1) is 6.92 Å². The van der Waals surface area contributed by atoms with Gasteiger partial charge in [0.25, 0.3) is 0 Å². The topological polar surface area (TPSA) is 102 Å². The number of methoxy groups -OCH3 is 1. The standard InChI is InChI=1S/C12H10N2O5/c1-6-3-4-7-8(5-6)19-12(16)9(13-7)10(14-17)11(15)18-2/h3-5,17H,1-2H3/b14-10-. The fourth-order valence-electron chi connectivity index (χ4n) is 1.54. The van der Waals surface area contributed by atoms with Gasteiger partial charge >= 0.3 is 11.6 Å². The Hall–Kier alpha value is -2.70. The van der Waals surface area contributed by atoms with E-state index in [-0.39, 0.29) is 5.58 Å². The van der Waals surface area contributed by atoms with E-state index in [1.54, 1.807) is 18.2 Å². The van der Waals surface area contributed by atoms with Crippen LogP contribution in [0.15, 0.2) is 32.6 Å². The van der Waals surface area contributed by atoms with Gasteiger partial charge in [-0.05, 0) is 24.6 Å². The molecule has 0 radical (unpaired) electrons. The van der Waals surface area contributed by atoms with E-state index in [0.29, 0.717) is 5.52 Å². The van der Waals surface area contributed by atoms with Crippen molar-refractivity contribution in [1.82, 2.24) is 4.98 Å². The summed E-state index contributed by atoms with van der Waals surface area (Å²) in [6.07, 6.45) is 0. The lowest BCUT2D eigenvalue weighted by Gasteiger charge is -2.02. The smallest absolute Gasteiger partial charge is 0.365 e. The van der Waals surface area contributed by atoms with Crippen LogP contribution in [-0.2, 0) is 9.53 Å². The highest BCUT2D eigenvalue weighted by atomic mass is 16.5. The van der Waals surface area contributed by atoms with E-state index in [0.717, 1.165) is 12.7 Å². The van der Waals surface area contributed by atoms with E-state index < -0.39 is 23.0 Å². The third-order valence-corrected chi connectivity index (χ3v) is 2.45. The SMILES string of the molecule is COC(=O)/C(=N\O)c1nc2ccc(C)cc2oc1=O. The number of carbonyl (C=O) groups excluding carboxylic acids is 1. The Balaban J connectivity index is 2.68. The molecule has 1 N–H and O–H groups in total. The number of carbonyl (C=O) groups is 1. The maximum Gasteiger partial charge on any atom is 0.365 e. The van der Waals surface area contributed by atoms with Gasteiger partial charge in [-0.3, -0.25) is 0 Å². The number of hydrogen-bond acceptors (Lipinski definition) is 7. The van der Waals surface area contributed by atoms with E-state index in [1.165, 1.54) is 0 Å². The number of oxime groups is 1. The van der Waals surface area contributed by atoms with E-state index in [2.05, 4.69) is 14.9 Å². The molecule has 0 atom stereocenters. The molecule has 0 saturated heterocycles. The second-order valence-electron chi connectivity index (χ2n) is 3.76. The molecule has 0 unspecified atom stereocenters. The molecule has 0 bridgehead atoms. The summed E-state index contributed by atoms with van der Waals surface area (Å²) >= 11 is 0. The van der Waals surface area contributed by atoms with Gasteiger partial charge in [0, 0.05) is 0 Å². The largest absolute Gasteiger partial charge is 0.464 e. The van der Waals surface area contributed by atoms with Crippen LogP contribution in [0.5, 0.6) is 0 Å². The number of fused-ring (bicyclic) bond motifs is 1. The van der Waals surface area contributed by atoms with E-state index in [1.807, 2.05) is 6.92 Å². The zero-order valence-corrected chi connectivity index (χ0v) is 10.2. The zero-order valence-electron chi connectivity index (χ0n) is 10.2. The van der Waals surface area contributed by atoms with Crippen LogP contribution in [0.3, 0.4) is 0 Å². The molecule has 0 amide bonds. The first-order chi connectivity index (χ1) is 9.06. The van der Waals surface area contributed by atoms with Crippen LogP contribution in [0.1, 0.15) is 11.3 Å². The molecule has 0 aliphatic rings. The van der Waals surface area contributed by atoms with Gasteiger partial charge in [0.1, 0.15) is 5.52 Å². The molecule has 2 aromatic rings. The molecule has 2 rings (SSSR count). The summed E-state index contributed by atoms with van der Waals surface area (Å²) in [5, 5.41) is 11.5. The number of ether oxygens (including phenoxy) is 1. The van der Waals surface area contributed by atoms with Crippen LogP contribution in [-0.4, -0.2) is 29.0 Å². The fraction of sp³-hybridized carbons (Fsp3) is 0.167. The van der Waals surface area contributed by atoms with Crippen LogP contribution < -0.4 is 5.63 Å². The van der Waals surface area contributed by atoms with Gasteiger partial charge in [0.05, 0.1) is 7.11 Å². The Morgan fingerprint density at radius 1 is 1.47 bits per heavy atom. The third kappa shape index (κ3) is 2.30. The second-order valence-corrected chi connectivity index (χ2v) is 3.76. The highest BCUT2D eigenvalue weighted by Crippen LogP contribution is 2.12. The molecule has 0 fully saturated rings. The molecular formula is C12H10N2O5. The van der Waals surface area contributed by atoms with Crippen molar-refractivity contribution in [3.8, 4) is 0 Å². The average molecular weight is 262 g/mol. The average Bonchev–Trinajstić information content (AvgIpc) is 2.40. The maximum atomic E-state index is 11.7. The van der Waals surface area contributed by atoms with Gasteiger partial charge in [-0.1, -0.05) is 11.2 Å². The molecule has 1 aromatic carbocycles. The highest BCUT2D eigenvalue weighted by molar-refractivity contribution is 6.42. The summed E-state index contributed by atoms with van der Waals surface area (Å²) in [5.41, 5.74) is -0.323. The predicted octanol–water partition coefficient (Wildman–Crippen LogP) is 0.848. The summed E-state index contributed by atoms with van der Waals surface area (Å²) in [4.78, 5) is 27.0. The quantitative estimate of drug-likeness (QED) is 0.372. The molecule has 0 aliphatic heterocycles. The molecule has 0 aliphatic carbocycles. The minimum Gasteiger partial charge on any atom is -0.464 e. The van der Waals surface area contributed by atoms with Gasteiger partial charge in [-0.25, -0.2) is 14.6 Å². The minimum absolute atomic E-state index is 0.288. The minimum atomic E-state index is -0.978. The lowest BCUT2D eigenvalue weighted by Crippen LogP contribution is -2.25. The number of aryl methyl sites for hydroxylation is 1. The van der Waals surface area contributed by atoms with Gasteiger partial charge in [-0.2, -0.15) is 0 Å². The number of aromatic nitrogens is 1. The number of esters is 1. The summed E-state index contributed by atoms with van der Waals surface area (Å²) in [5.74, 6) is -0.978. The first-order valence-corrected chi connectivity index (χ1v) is 5.29. The molecule has 1 heterocycles. The first kappa shape index (κ1) is 12.7. The van der Waals surface area contributed by atoms with Gasteiger partial charge in [0.15, 0.2) is 11.3 Å². The summed E-state index contributed by atoms with van der Waals surface area (Å²) < 4.78 is 9.43. The van der Waals surface area contributed by atoms with Gasteiger partial charge in [0.2, 0.25) is 5.71 Å². The molecule has 98 valence electrons. The monoisotopic (exact) mass is 262 g/mol. The number of rotatable bonds is 2. The molecule has 0 saturated carbocycles. The second kappa shape index (κ2) is 4.89. The Kier molecular flexibility index (Phi) is 3.28. The Bertz CT molecular complexity index is 732. The number of benzene rings is 1. The maximum absolute atomic E-state index is 11.7. The van der Waals surface area contributed by atoms with Crippen molar-refractivity contribution in [3.05, 3.63) is 39.9 Å². The Morgan fingerprint density at radius 2 is 2.21 bits per heavy atom. The Morgan fingerprint density at radius 3 is 2.84 bits per heavy atom. The number of nitrogens with zero attached hydrogens (tertiary/aromatic N) is 2. The molecule has 0 spiro atoms. The molecule has 7 heteroatoms. The zero-order chi connectivity index (χ0) is 14.0. The summed E-state index contributed by atoms with van der Waals surface area (Å²) in [6.45, 7) is 1.84. The highest BCUT2D eigenvalue weighted by Gasteiger charge is 2.22. The van der Waals surface area contributed by atoms with Crippen molar-refractivity contribution in [1.29, 1.82) is 0 Å². The lowest BCUT2D eigenvalue weighted by molar-refractivity contribution is -0.132. The van der Waals surface area contributed by atoms with Crippen LogP contribution in [0.25, 0.3) is 11.1 Å². The van der Waals surface area contributed by atoms with Crippen molar-refractivity contribution in [3.63, 3.8) is 0 Å². The van der Waals surface area contributed by atoms with Crippen LogP contribution in [0.4, 0.5) is 0 Å². The summed E-state index contributed by atoms with van der Waals surface area (Å²) in [6, 6.07) is 5.04. The normalized spacial score (nSPS) is 11.6. The Labute approximate surface area is 107 Å². The van der Waals surface area contributed by atoms with Crippen molar-refractivity contribution in [2.75, 3.05) is 7.11 Å². The molecule has 7 nitrogen and oxygen atoms in total. The fourth-order valence-corrected chi connectivity index (χ4v) is 1.54. The third-order valence-electron chi connectivity index (χ3n) is 2.45. The van der Waals surface area contributed by atoms with Crippen molar-refractivity contribution in [2.45, 2.75) is 6.92 Å². The summed E-state index contributed by atoms with van der Waals surface area (Å²) in [7, 11) is 1.10. The lowest BCUT2D eigenvalue weighted by atomic mass is 10.2. The molecule has 19 heavy (non-hydrogen) atoms. The molecule has 1 aromatic heterocycles. The van der Waals surface area contributed by atoms with Crippen LogP contribution >= 0.6 is 0 Å². The first-order valence-electron chi connectivity index (χ1n) is 5.29. The van der Waals surface area contributed by atoms with Crippen LogP contribution in [0.2, 0.25) is 0 Å². The van der Waals surface area contributed by atoms with E-state index in [9.17, 15) is 9.59 Å². The van der Waals surface area contributed by atoms with Crippen molar-refractivity contribution in [2.24, 2.45) is 5.16 Å². The van der Waals surface area contributed by atoms with Crippen molar-refractivity contribution >= 4 is 22.8 Å². The molecular weight excluding hydrogens is 252 g/mol. The number of hydrogen-bond donors (Lipinski definition) is 1. The van der Waals surface area contributed by atoms with Gasteiger partial charge < -0.3 is 14.4 Å². The van der Waals surface area contributed by atoms with E-state index >= 15 is 0 Å². The van der Waals surface area contributed by atoms with E-state index in [4.69, 9.17) is 9.62 Å². The van der Waals surface area contributed by atoms with Crippen molar-refractivity contribution < 1.29 is 19.2 Å².